The van der Waals surface area contributed by atoms with Crippen LogP contribution in [0.2, 0.25) is 0 Å². The molecule has 1 aromatic rings. The number of aromatic nitrogens is 2. The lowest BCUT2D eigenvalue weighted by Crippen LogP contribution is -2.15. The van der Waals surface area contributed by atoms with Gasteiger partial charge in [-0.3, -0.25) is 4.79 Å². The molecule has 0 aliphatic carbocycles. The second kappa shape index (κ2) is 3.77. The van der Waals surface area contributed by atoms with Crippen LogP contribution in [0, 0.1) is 4.91 Å². The van der Waals surface area contributed by atoms with E-state index in [1.54, 1.807) is 0 Å². The summed E-state index contributed by atoms with van der Waals surface area (Å²) in [6.07, 6.45) is 0.948. The molecule has 0 aromatic carbocycles. The van der Waals surface area contributed by atoms with Crippen LogP contribution < -0.4 is 11.3 Å². The predicted octanol–water partition coefficient (Wildman–Crippen LogP) is 0.0669. The molecule has 8 nitrogen and oxygen atoms in total. The summed E-state index contributed by atoms with van der Waals surface area (Å²) in [5, 5.41) is 9.50. The third-order valence-corrected chi connectivity index (χ3v) is 6.28. The third kappa shape index (κ3) is 1.35. The molecule has 0 spiro atoms. The zero-order valence-electron chi connectivity index (χ0n) is 9.33. The Morgan fingerprint density at radius 1 is 1.61 bits per heavy atom. The highest BCUT2D eigenvalue weighted by Gasteiger charge is 2.60. The number of H-pyrrole nitrogens is 1. The van der Waals surface area contributed by atoms with Gasteiger partial charge in [0.2, 0.25) is 5.95 Å². The lowest BCUT2D eigenvalue weighted by Gasteiger charge is -2.19. The lowest BCUT2D eigenvalue weighted by molar-refractivity contribution is 0.0450. The number of aliphatic hydroxyl groups excluding tert-OH is 1. The Kier molecular flexibility index (Phi) is 2.44. The minimum Gasteiger partial charge on any atom is -0.394 e. The summed E-state index contributed by atoms with van der Waals surface area (Å²) < 4.78 is 8.72. The number of anilines is 1. The molecule has 3 heterocycles. The number of nitrogens with one attached hydrogen (secondary N) is 1. The molecule has 1 saturated heterocycles. The topological polar surface area (TPSA) is 131 Å². The first-order valence-corrected chi connectivity index (χ1v) is 7.11. The number of nitrogens with zero attached hydrogens (tertiary/aromatic N) is 2. The van der Waals surface area contributed by atoms with E-state index in [0.29, 0.717) is 22.8 Å². The van der Waals surface area contributed by atoms with Gasteiger partial charge in [-0.25, -0.2) is 0 Å². The molecule has 1 aromatic heterocycles. The summed E-state index contributed by atoms with van der Waals surface area (Å²) >= 11 is 0. The summed E-state index contributed by atoms with van der Waals surface area (Å²) in [5.41, 5.74) is 4.49. The van der Waals surface area contributed by atoms with E-state index in [0.717, 1.165) is 0 Å². The van der Waals surface area contributed by atoms with Crippen LogP contribution in [-0.2, 0) is 4.74 Å². The fourth-order valence-electron chi connectivity index (χ4n) is 2.34. The van der Waals surface area contributed by atoms with Crippen LogP contribution in [0.25, 0.3) is 0 Å². The van der Waals surface area contributed by atoms with Crippen LogP contribution in [0.5, 0.6) is 0 Å². The Bertz CT molecular complexity index is 576. The number of nitrogens with two attached hydrogens (primary N) is 1. The molecule has 0 saturated carbocycles. The highest BCUT2D eigenvalue weighted by molar-refractivity contribution is 8.37. The molecule has 1 fully saturated rings. The van der Waals surface area contributed by atoms with E-state index >= 15 is 0 Å². The van der Waals surface area contributed by atoms with E-state index in [1.165, 1.54) is 0 Å². The van der Waals surface area contributed by atoms with E-state index in [1.807, 2.05) is 0 Å². The van der Waals surface area contributed by atoms with E-state index in [-0.39, 0.29) is 18.7 Å². The van der Waals surface area contributed by atoms with Gasteiger partial charge >= 0.3 is 0 Å². The van der Waals surface area contributed by atoms with Crippen LogP contribution in [0.15, 0.2) is 19.3 Å². The zero-order chi connectivity index (χ0) is 12.9. The average Bonchev–Trinajstić information content (AvgIpc) is 2.78. The van der Waals surface area contributed by atoms with Crippen LogP contribution in [-0.4, -0.2) is 33.2 Å². The fourth-order valence-corrected chi connectivity index (χ4v) is 5.32. The van der Waals surface area contributed by atoms with E-state index < -0.39 is 21.2 Å². The van der Waals surface area contributed by atoms with Gasteiger partial charge in [-0.05, 0) is 17.4 Å². The van der Waals surface area contributed by atoms with Crippen LogP contribution in [0.3, 0.4) is 0 Å². The monoisotopic (exact) mass is 272 g/mol. The second-order valence-corrected chi connectivity index (χ2v) is 6.98. The number of ether oxygens (including phenoxy) is 1. The number of aromatic amines is 1. The minimum atomic E-state index is -2.28. The van der Waals surface area contributed by atoms with Gasteiger partial charge in [0.05, 0.1) is 12.7 Å². The van der Waals surface area contributed by atoms with Gasteiger partial charge in [0, 0.05) is 10.2 Å². The average molecular weight is 272 g/mol. The molecule has 0 amide bonds. The Labute approximate surface area is 103 Å². The summed E-state index contributed by atoms with van der Waals surface area (Å²) in [5.74, 6) is -0.0199. The number of hydrogen-bond donors (Lipinski definition) is 3. The standard InChI is InChI=1S/C9H12N4O4S/c10-9-11-7(15)6-8(12-9)18(6,13-16)5-2-1-4(3-14)17-5/h4-5,14H,1-3H2,(H3,10,11,12,15). The molecule has 3 atom stereocenters. The van der Waals surface area contributed by atoms with E-state index in [4.69, 9.17) is 15.6 Å². The molecule has 18 heavy (non-hydrogen) atoms. The fraction of sp³-hybridized carbons (Fsp3) is 0.556. The first kappa shape index (κ1) is 11.6. The van der Waals surface area contributed by atoms with Gasteiger partial charge in [-0.1, -0.05) is 0 Å². The van der Waals surface area contributed by atoms with E-state index in [9.17, 15) is 9.70 Å². The normalized spacial score (nSPS) is 36.7. The third-order valence-electron chi connectivity index (χ3n) is 3.22. The Balaban J connectivity index is 1.98. The summed E-state index contributed by atoms with van der Waals surface area (Å²) in [6.45, 7) is -0.102. The minimum absolute atomic E-state index is 0.0199. The first-order valence-electron chi connectivity index (χ1n) is 5.46. The molecular weight excluding hydrogens is 260 g/mol. The van der Waals surface area contributed by atoms with Gasteiger partial charge < -0.3 is 20.6 Å². The van der Waals surface area contributed by atoms with Crippen molar-refractivity contribution in [1.82, 2.24) is 9.97 Å². The van der Waals surface area contributed by atoms with Gasteiger partial charge in [0.15, 0.2) is 0 Å². The highest BCUT2D eigenvalue weighted by Crippen LogP contribution is 2.81. The molecule has 3 rings (SSSR count). The van der Waals surface area contributed by atoms with Crippen molar-refractivity contribution in [2.45, 2.75) is 34.3 Å². The SMILES string of the molecule is Nc1nc(=O)c2c([nH]1)S2(N=O)C1CCC(CO)O1. The molecule has 4 N–H and O–H groups in total. The predicted molar refractivity (Wildman–Crippen MR) is 64.2 cm³/mol. The number of nitrogen functional groups attached to an aromatic ring is 1. The van der Waals surface area contributed by atoms with Gasteiger partial charge in [-0.15, -0.1) is 4.91 Å². The van der Waals surface area contributed by atoms with Gasteiger partial charge in [0.25, 0.3) is 5.56 Å². The first-order chi connectivity index (χ1) is 8.63. The van der Waals surface area contributed by atoms with Gasteiger partial charge in [0.1, 0.15) is 15.4 Å². The largest absolute Gasteiger partial charge is 0.394 e. The molecular formula is C9H12N4O4S. The molecule has 3 unspecified atom stereocenters. The molecule has 9 heteroatoms. The van der Waals surface area contributed by atoms with Crippen LogP contribution in [0.4, 0.5) is 5.95 Å². The summed E-state index contributed by atoms with van der Waals surface area (Å²) in [6, 6.07) is 0. The van der Waals surface area contributed by atoms with Crippen molar-refractivity contribution < 1.29 is 9.84 Å². The van der Waals surface area contributed by atoms with Crippen molar-refractivity contribution in [2.75, 3.05) is 12.3 Å². The van der Waals surface area contributed by atoms with Crippen molar-refractivity contribution in [3.63, 3.8) is 0 Å². The number of nitroso groups, excluding NO2 is 1. The van der Waals surface area contributed by atoms with Crippen molar-refractivity contribution in [2.24, 2.45) is 4.58 Å². The Morgan fingerprint density at radius 3 is 3.00 bits per heavy atom. The quantitative estimate of drug-likeness (QED) is 0.405. The number of hydrogen-bond acceptors (Lipinski definition) is 7. The Hall–Kier alpha value is -1.45. The second-order valence-electron chi connectivity index (χ2n) is 4.23. The van der Waals surface area contributed by atoms with Gasteiger partial charge in [-0.2, -0.15) is 4.98 Å². The Morgan fingerprint density at radius 2 is 2.39 bits per heavy atom. The number of fused-ring (bicyclic) bond motifs is 1. The maximum absolute atomic E-state index is 11.7. The number of aliphatic hydroxyl groups is 1. The van der Waals surface area contributed by atoms with E-state index in [2.05, 4.69) is 14.6 Å². The molecule has 98 valence electrons. The zero-order valence-corrected chi connectivity index (χ0v) is 10.1. The smallest absolute Gasteiger partial charge is 0.290 e. The molecule has 2 aliphatic rings. The number of rotatable bonds is 3. The van der Waals surface area contributed by atoms with Crippen molar-refractivity contribution in [3.8, 4) is 0 Å². The van der Waals surface area contributed by atoms with Crippen molar-refractivity contribution in [1.29, 1.82) is 0 Å². The maximum atomic E-state index is 11.7. The lowest BCUT2D eigenvalue weighted by atomic mass is 10.2. The highest BCUT2D eigenvalue weighted by atomic mass is 32.3. The van der Waals surface area contributed by atoms with Crippen molar-refractivity contribution >= 4 is 16.2 Å². The molecule has 0 bridgehead atoms. The van der Waals surface area contributed by atoms with Crippen molar-refractivity contribution in [3.05, 3.63) is 15.3 Å². The molecule has 0 radical (unpaired) electrons. The molecule has 2 aliphatic heterocycles. The maximum Gasteiger partial charge on any atom is 0.290 e. The van der Waals surface area contributed by atoms with Crippen LogP contribution >= 0.6 is 10.2 Å². The summed E-state index contributed by atoms with van der Waals surface area (Å²) in [4.78, 5) is 29.5. The van der Waals surface area contributed by atoms with Crippen LogP contribution in [0.1, 0.15) is 12.8 Å². The summed E-state index contributed by atoms with van der Waals surface area (Å²) in [7, 11) is -2.28.